The number of fused-ring (bicyclic) bond motifs is 1. The summed E-state index contributed by atoms with van der Waals surface area (Å²) in [5.74, 6) is 1.01. The monoisotopic (exact) mass is 251 g/mol. The highest BCUT2D eigenvalue weighted by atomic mass is 32.2. The Labute approximate surface area is 105 Å². The molecule has 17 heavy (non-hydrogen) atoms. The second-order valence-corrected chi connectivity index (χ2v) is 5.26. The number of benzene rings is 1. The Morgan fingerprint density at radius 3 is 3.00 bits per heavy atom. The Kier molecular flexibility index (Phi) is 3.91. The lowest BCUT2D eigenvalue weighted by atomic mass is 10.3. The third-order valence-electron chi connectivity index (χ3n) is 2.37. The Morgan fingerprint density at radius 2 is 2.24 bits per heavy atom. The van der Waals surface area contributed by atoms with Crippen molar-refractivity contribution in [3.8, 4) is 0 Å². The van der Waals surface area contributed by atoms with Crippen LogP contribution in [0.25, 0.3) is 11.1 Å². The van der Waals surface area contributed by atoms with Crippen molar-refractivity contribution in [2.24, 2.45) is 0 Å². The molecule has 0 unspecified atom stereocenters. The van der Waals surface area contributed by atoms with Gasteiger partial charge in [0.1, 0.15) is 5.52 Å². The molecule has 1 heterocycles. The molecule has 1 aromatic carbocycles. The standard InChI is InChI=1S/C12H17N3OS/c1-15(2)6-3-7-17-12-14-10-5-4-9(13)8-11(10)16-12/h4-5,8H,3,6-7,13H2,1-2H3. The average Bonchev–Trinajstić information content (AvgIpc) is 2.66. The predicted octanol–water partition coefficient (Wildman–Crippen LogP) is 2.45. The van der Waals surface area contributed by atoms with Crippen molar-refractivity contribution in [3.63, 3.8) is 0 Å². The van der Waals surface area contributed by atoms with Gasteiger partial charge in [0, 0.05) is 17.5 Å². The molecule has 1 aromatic heterocycles. The highest BCUT2D eigenvalue weighted by molar-refractivity contribution is 7.99. The molecule has 0 aliphatic carbocycles. The third kappa shape index (κ3) is 3.38. The zero-order valence-electron chi connectivity index (χ0n) is 10.1. The lowest BCUT2D eigenvalue weighted by molar-refractivity contribution is 0.409. The van der Waals surface area contributed by atoms with Crippen LogP contribution in [0.5, 0.6) is 0 Å². The molecule has 0 spiro atoms. The van der Waals surface area contributed by atoms with Gasteiger partial charge >= 0.3 is 0 Å². The molecule has 2 rings (SSSR count). The summed E-state index contributed by atoms with van der Waals surface area (Å²) in [5.41, 5.74) is 8.03. The van der Waals surface area contributed by atoms with Crippen LogP contribution < -0.4 is 5.73 Å². The summed E-state index contributed by atoms with van der Waals surface area (Å²) in [6.07, 6.45) is 1.12. The highest BCUT2D eigenvalue weighted by Gasteiger charge is 2.06. The Hall–Kier alpha value is -1.20. The maximum atomic E-state index is 5.69. The summed E-state index contributed by atoms with van der Waals surface area (Å²) in [6, 6.07) is 5.54. The van der Waals surface area contributed by atoms with E-state index in [-0.39, 0.29) is 0 Å². The molecule has 0 radical (unpaired) electrons. The summed E-state index contributed by atoms with van der Waals surface area (Å²) in [5, 5.41) is 0.726. The molecule has 0 atom stereocenters. The highest BCUT2D eigenvalue weighted by Crippen LogP contribution is 2.25. The maximum absolute atomic E-state index is 5.69. The van der Waals surface area contributed by atoms with Gasteiger partial charge < -0.3 is 15.1 Å². The van der Waals surface area contributed by atoms with Crippen LogP contribution in [0.3, 0.4) is 0 Å². The first kappa shape index (κ1) is 12.3. The fourth-order valence-corrected chi connectivity index (χ4v) is 2.28. The molecule has 92 valence electrons. The fourth-order valence-electron chi connectivity index (χ4n) is 1.52. The third-order valence-corrected chi connectivity index (χ3v) is 3.28. The number of thioether (sulfide) groups is 1. The van der Waals surface area contributed by atoms with E-state index in [2.05, 4.69) is 24.0 Å². The molecule has 0 bridgehead atoms. The van der Waals surface area contributed by atoms with E-state index in [1.165, 1.54) is 0 Å². The Balaban J connectivity index is 1.95. The van der Waals surface area contributed by atoms with Crippen molar-refractivity contribution in [1.82, 2.24) is 9.88 Å². The van der Waals surface area contributed by atoms with Gasteiger partial charge in [-0.1, -0.05) is 11.8 Å². The number of anilines is 1. The van der Waals surface area contributed by atoms with Crippen LogP contribution in [0.4, 0.5) is 5.69 Å². The first-order valence-corrected chi connectivity index (χ1v) is 6.57. The van der Waals surface area contributed by atoms with Crippen LogP contribution in [0, 0.1) is 0 Å². The summed E-state index contributed by atoms with van der Waals surface area (Å²) >= 11 is 1.65. The number of hydrogen-bond acceptors (Lipinski definition) is 5. The number of nitrogen functional groups attached to an aromatic ring is 1. The molecule has 0 aliphatic heterocycles. The molecule has 4 nitrogen and oxygen atoms in total. The van der Waals surface area contributed by atoms with E-state index in [0.717, 1.165) is 35.0 Å². The second kappa shape index (κ2) is 5.42. The largest absolute Gasteiger partial charge is 0.431 e. The number of hydrogen-bond donors (Lipinski definition) is 1. The molecule has 0 aliphatic rings. The van der Waals surface area contributed by atoms with Gasteiger partial charge in [0.25, 0.3) is 5.22 Å². The summed E-state index contributed by atoms with van der Waals surface area (Å²) in [7, 11) is 4.15. The maximum Gasteiger partial charge on any atom is 0.256 e. The lowest BCUT2D eigenvalue weighted by Gasteiger charge is -2.07. The molecule has 0 saturated carbocycles. The van der Waals surface area contributed by atoms with Gasteiger partial charge in [-0.3, -0.25) is 0 Å². The van der Waals surface area contributed by atoms with E-state index in [9.17, 15) is 0 Å². The molecule has 2 N–H and O–H groups in total. The van der Waals surface area contributed by atoms with E-state index in [4.69, 9.17) is 10.2 Å². The summed E-state index contributed by atoms with van der Waals surface area (Å²) < 4.78 is 5.61. The van der Waals surface area contributed by atoms with Gasteiger partial charge in [-0.15, -0.1) is 0 Å². The van der Waals surface area contributed by atoms with Crippen molar-refractivity contribution < 1.29 is 4.42 Å². The topological polar surface area (TPSA) is 55.3 Å². The zero-order valence-corrected chi connectivity index (χ0v) is 11.0. The number of nitrogens with zero attached hydrogens (tertiary/aromatic N) is 2. The minimum Gasteiger partial charge on any atom is -0.431 e. The predicted molar refractivity (Wildman–Crippen MR) is 72.3 cm³/mol. The molecule has 2 aromatic rings. The van der Waals surface area contributed by atoms with Gasteiger partial charge in [-0.05, 0) is 39.2 Å². The minimum absolute atomic E-state index is 0.706. The van der Waals surface area contributed by atoms with E-state index in [0.29, 0.717) is 5.69 Å². The lowest BCUT2D eigenvalue weighted by Crippen LogP contribution is -2.13. The smallest absolute Gasteiger partial charge is 0.256 e. The normalized spacial score (nSPS) is 11.5. The van der Waals surface area contributed by atoms with Crippen molar-refractivity contribution in [2.75, 3.05) is 32.1 Å². The number of aromatic nitrogens is 1. The van der Waals surface area contributed by atoms with Crippen LogP contribution in [-0.4, -0.2) is 36.3 Å². The van der Waals surface area contributed by atoms with E-state index in [1.807, 2.05) is 18.2 Å². The molecule has 0 fully saturated rings. The first-order valence-electron chi connectivity index (χ1n) is 5.59. The Bertz CT molecular complexity index is 495. The van der Waals surface area contributed by atoms with Crippen LogP contribution in [-0.2, 0) is 0 Å². The summed E-state index contributed by atoms with van der Waals surface area (Å²) in [6.45, 7) is 1.08. The van der Waals surface area contributed by atoms with Crippen molar-refractivity contribution in [1.29, 1.82) is 0 Å². The van der Waals surface area contributed by atoms with Crippen molar-refractivity contribution >= 4 is 28.5 Å². The van der Waals surface area contributed by atoms with Gasteiger partial charge in [-0.2, -0.15) is 0 Å². The number of rotatable bonds is 5. The fraction of sp³-hybridized carbons (Fsp3) is 0.417. The van der Waals surface area contributed by atoms with Crippen LogP contribution in [0.2, 0.25) is 0 Å². The molecular weight excluding hydrogens is 234 g/mol. The van der Waals surface area contributed by atoms with E-state index in [1.54, 1.807) is 11.8 Å². The summed E-state index contributed by atoms with van der Waals surface area (Å²) in [4.78, 5) is 6.57. The quantitative estimate of drug-likeness (QED) is 0.502. The number of nitrogens with two attached hydrogens (primary N) is 1. The number of oxazole rings is 1. The molecule has 5 heteroatoms. The second-order valence-electron chi connectivity index (χ2n) is 4.21. The van der Waals surface area contributed by atoms with Crippen molar-refractivity contribution in [3.05, 3.63) is 18.2 Å². The molecule has 0 saturated heterocycles. The van der Waals surface area contributed by atoms with Gasteiger partial charge in [-0.25, -0.2) is 4.98 Å². The minimum atomic E-state index is 0.706. The zero-order chi connectivity index (χ0) is 12.3. The van der Waals surface area contributed by atoms with E-state index >= 15 is 0 Å². The first-order chi connectivity index (χ1) is 8.15. The average molecular weight is 251 g/mol. The van der Waals surface area contributed by atoms with Gasteiger partial charge in [0.2, 0.25) is 0 Å². The van der Waals surface area contributed by atoms with Gasteiger partial charge in [0.15, 0.2) is 5.58 Å². The van der Waals surface area contributed by atoms with Crippen molar-refractivity contribution in [2.45, 2.75) is 11.6 Å². The van der Waals surface area contributed by atoms with E-state index < -0.39 is 0 Å². The van der Waals surface area contributed by atoms with Crippen LogP contribution in [0.15, 0.2) is 27.8 Å². The van der Waals surface area contributed by atoms with Crippen LogP contribution in [0.1, 0.15) is 6.42 Å². The Morgan fingerprint density at radius 1 is 1.41 bits per heavy atom. The molecular formula is C12H17N3OS. The van der Waals surface area contributed by atoms with Crippen LogP contribution >= 0.6 is 11.8 Å². The SMILES string of the molecule is CN(C)CCCSc1nc2ccc(N)cc2o1. The molecule has 0 amide bonds. The van der Waals surface area contributed by atoms with Gasteiger partial charge in [0.05, 0.1) is 0 Å².